The molecular weight excluding hydrogens is 158 g/mol. The van der Waals surface area contributed by atoms with Crippen molar-refractivity contribution in [2.75, 3.05) is 0 Å². The Morgan fingerprint density at radius 2 is 2.15 bits per heavy atom. The van der Waals surface area contributed by atoms with Gasteiger partial charge in [0.1, 0.15) is 0 Å². The summed E-state index contributed by atoms with van der Waals surface area (Å²) in [5.41, 5.74) is 4.84. The van der Waals surface area contributed by atoms with Crippen LogP contribution in [0, 0.1) is 6.92 Å². The number of H-pyrrole nitrogens is 1. The maximum atomic E-state index is 3.97. The molecule has 2 rings (SSSR count). The standard InChI is InChI=1S/C12H13N/c1-8(2)10-7-13-11-6-4-5-9(3)12(10)11/h4-7,13H,1H2,2-3H3. The van der Waals surface area contributed by atoms with Crippen LogP contribution in [-0.4, -0.2) is 4.98 Å². The molecule has 0 spiro atoms. The molecule has 0 aliphatic rings. The fraction of sp³-hybridized carbons (Fsp3) is 0.167. The molecule has 13 heavy (non-hydrogen) atoms. The molecule has 0 saturated heterocycles. The van der Waals surface area contributed by atoms with E-state index in [9.17, 15) is 0 Å². The van der Waals surface area contributed by atoms with Gasteiger partial charge in [-0.05, 0) is 31.1 Å². The first-order chi connectivity index (χ1) is 6.20. The molecule has 0 saturated carbocycles. The second-order valence-corrected chi connectivity index (χ2v) is 3.48. The van der Waals surface area contributed by atoms with Gasteiger partial charge in [0.2, 0.25) is 0 Å². The molecule has 0 fully saturated rings. The highest BCUT2D eigenvalue weighted by Gasteiger charge is 2.05. The van der Waals surface area contributed by atoms with Gasteiger partial charge in [-0.25, -0.2) is 0 Å². The SMILES string of the molecule is C=C(C)c1c[nH]c2cccc(C)c12. The van der Waals surface area contributed by atoms with Crippen molar-refractivity contribution in [2.24, 2.45) is 0 Å². The monoisotopic (exact) mass is 171 g/mol. The van der Waals surface area contributed by atoms with Crippen molar-refractivity contribution in [1.82, 2.24) is 4.98 Å². The van der Waals surface area contributed by atoms with E-state index in [1.165, 1.54) is 22.0 Å². The molecule has 0 bridgehead atoms. The minimum atomic E-state index is 1.11. The molecule has 0 atom stereocenters. The summed E-state index contributed by atoms with van der Waals surface area (Å²) in [6.45, 7) is 8.13. The van der Waals surface area contributed by atoms with Crippen LogP contribution in [0.1, 0.15) is 18.1 Å². The van der Waals surface area contributed by atoms with Crippen molar-refractivity contribution < 1.29 is 0 Å². The number of rotatable bonds is 1. The number of aromatic nitrogens is 1. The predicted octanol–water partition coefficient (Wildman–Crippen LogP) is 3.51. The van der Waals surface area contributed by atoms with Crippen LogP contribution < -0.4 is 0 Å². The van der Waals surface area contributed by atoms with E-state index in [1.54, 1.807) is 0 Å². The molecule has 0 unspecified atom stereocenters. The summed E-state index contributed by atoms with van der Waals surface area (Å²) in [5.74, 6) is 0. The Bertz CT molecular complexity index is 463. The third kappa shape index (κ3) is 1.17. The van der Waals surface area contributed by atoms with E-state index in [2.05, 4.69) is 36.7 Å². The number of hydrogen-bond donors (Lipinski definition) is 1. The third-order valence-electron chi connectivity index (χ3n) is 2.37. The largest absolute Gasteiger partial charge is 0.361 e. The topological polar surface area (TPSA) is 15.8 Å². The first-order valence-corrected chi connectivity index (χ1v) is 4.42. The number of fused-ring (bicyclic) bond motifs is 1. The Morgan fingerprint density at radius 3 is 2.85 bits per heavy atom. The lowest BCUT2D eigenvalue weighted by atomic mass is 10.0. The van der Waals surface area contributed by atoms with Crippen molar-refractivity contribution in [1.29, 1.82) is 0 Å². The van der Waals surface area contributed by atoms with E-state index in [0.717, 1.165) is 5.57 Å². The Kier molecular flexibility index (Phi) is 1.73. The highest BCUT2D eigenvalue weighted by Crippen LogP contribution is 2.26. The molecule has 1 N–H and O–H groups in total. The number of allylic oxidation sites excluding steroid dienone is 1. The van der Waals surface area contributed by atoms with Crippen LogP contribution in [0.25, 0.3) is 16.5 Å². The van der Waals surface area contributed by atoms with Gasteiger partial charge in [0.25, 0.3) is 0 Å². The second kappa shape index (κ2) is 2.77. The van der Waals surface area contributed by atoms with Crippen LogP contribution in [0.5, 0.6) is 0 Å². The van der Waals surface area contributed by atoms with Gasteiger partial charge >= 0.3 is 0 Å². The van der Waals surface area contributed by atoms with Gasteiger partial charge in [-0.3, -0.25) is 0 Å². The summed E-state index contributed by atoms with van der Waals surface area (Å²) >= 11 is 0. The van der Waals surface area contributed by atoms with Gasteiger partial charge in [-0.1, -0.05) is 18.7 Å². The van der Waals surface area contributed by atoms with Crippen molar-refractivity contribution in [3.63, 3.8) is 0 Å². The van der Waals surface area contributed by atoms with Crippen LogP contribution >= 0.6 is 0 Å². The average Bonchev–Trinajstić information content (AvgIpc) is 2.49. The fourth-order valence-corrected chi connectivity index (χ4v) is 1.70. The van der Waals surface area contributed by atoms with Gasteiger partial charge in [0.15, 0.2) is 0 Å². The lowest BCUT2D eigenvalue weighted by molar-refractivity contribution is 1.46. The predicted molar refractivity (Wildman–Crippen MR) is 57.7 cm³/mol. The highest BCUT2D eigenvalue weighted by molar-refractivity contribution is 5.94. The molecule has 0 amide bonds. The summed E-state index contributed by atoms with van der Waals surface area (Å²) in [4.78, 5) is 3.25. The lowest BCUT2D eigenvalue weighted by Gasteiger charge is -1.99. The van der Waals surface area contributed by atoms with Crippen molar-refractivity contribution in [2.45, 2.75) is 13.8 Å². The number of nitrogens with one attached hydrogen (secondary N) is 1. The van der Waals surface area contributed by atoms with Crippen LogP contribution in [-0.2, 0) is 0 Å². The molecular formula is C12H13N. The molecule has 1 nitrogen and oxygen atoms in total. The molecule has 1 aromatic heterocycles. The Hall–Kier alpha value is -1.50. The normalized spacial score (nSPS) is 10.6. The zero-order valence-electron chi connectivity index (χ0n) is 8.02. The van der Waals surface area contributed by atoms with Crippen molar-refractivity contribution >= 4 is 16.5 Å². The van der Waals surface area contributed by atoms with E-state index in [1.807, 2.05) is 13.1 Å². The van der Waals surface area contributed by atoms with E-state index in [4.69, 9.17) is 0 Å². The van der Waals surface area contributed by atoms with Gasteiger partial charge < -0.3 is 4.98 Å². The van der Waals surface area contributed by atoms with Crippen LogP contribution in [0.4, 0.5) is 0 Å². The van der Waals surface area contributed by atoms with Crippen molar-refractivity contribution in [3.05, 3.63) is 42.1 Å². The van der Waals surface area contributed by atoms with Crippen LogP contribution in [0.15, 0.2) is 31.0 Å². The Balaban J connectivity index is 2.86. The smallest absolute Gasteiger partial charge is 0.0462 e. The van der Waals surface area contributed by atoms with Gasteiger partial charge in [0.05, 0.1) is 0 Å². The fourth-order valence-electron chi connectivity index (χ4n) is 1.70. The third-order valence-corrected chi connectivity index (χ3v) is 2.37. The summed E-state index contributed by atoms with van der Waals surface area (Å²) in [5, 5.41) is 1.30. The number of aryl methyl sites for hydroxylation is 1. The summed E-state index contributed by atoms with van der Waals surface area (Å²) in [7, 11) is 0. The molecule has 1 aromatic carbocycles. The molecule has 2 aromatic rings. The zero-order chi connectivity index (χ0) is 9.42. The van der Waals surface area contributed by atoms with E-state index in [-0.39, 0.29) is 0 Å². The number of aromatic amines is 1. The first-order valence-electron chi connectivity index (χ1n) is 4.42. The van der Waals surface area contributed by atoms with E-state index >= 15 is 0 Å². The highest BCUT2D eigenvalue weighted by atomic mass is 14.7. The Labute approximate surface area is 78.1 Å². The summed E-state index contributed by atoms with van der Waals surface area (Å²) in [6, 6.07) is 6.29. The zero-order valence-corrected chi connectivity index (χ0v) is 8.02. The van der Waals surface area contributed by atoms with Crippen LogP contribution in [0.3, 0.4) is 0 Å². The molecule has 1 heteroatoms. The minimum absolute atomic E-state index is 1.11. The molecule has 0 aliphatic heterocycles. The first kappa shape index (κ1) is 8.11. The number of benzene rings is 1. The number of hydrogen-bond acceptors (Lipinski definition) is 0. The summed E-state index contributed by atoms with van der Waals surface area (Å²) in [6.07, 6.45) is 2.03. The van der Waals surface area contributed by atoms with Gasteiger partial charge in [-0.2, -0.15) is 0 Å². The summed E-state index contributed by atoms with van der Waals surface area (Å²) < 4.78 is 0. The second-order valence-electron chi connectivity index (χ2n) is 3.48. The molecule has 0 radical (unpaired) electrons. The van der Waals surface area contributed by atoms with Crippen LogP contribution in [0.2, 0.25) is 0 Å². The molecule has 0 aliphatic carbocycles. The van der Waals surface area contributed by atoms with E-state index < -0.39 is 0 Å². The van der Waals surface area contributed by atoms with E-state index in [0.29, 0.717) is 0 Å². The molecule has 66 valence electrons. The minimum Gasteiger partial charge on any atom is -0.361 e. The van der Waals surface area contributed by atoms with Gasteiger partial charge in [0, 0.05) is 22.7 Å². The Morgan fingerprint density at radius 1 is 1.38 bits per heavy atom. The average molecular weight is 171 g/mol. The van der Waals surface area contributed by atoms with Crippen molar-refractivity contribution in [3.8, 4) is 0 Å². The molecule has 1 heterocycles. The quantitative estimate of drug-likeness (QED) is 0.675. The lowest BCUT2D eigenvalue weighted by Crippen LogP contribution is -1.78. The van der Waals surface area contributed by atoms with Gasteiger partial charge in [-0.15, -0.1) is 0 Å². The maximum absolute atomic E-state index is 3.97. The maximum Gasteiger partial charge on any atom is 0.0462 e.